The molecule has 1 fully saturated rings. The molecule has 0 amide bonds. The predicted molar refractivity (Wildman–Crippen MR) is 162 cm³/mol. The molecular formula is C35H70Y-2. The Balaban J connectivity index is 0. The molecule has 0 bridgehead atoms. The van der Waals surface area contributed by atoms with Gasteiger partial charge in [0.25, 0.3) is 0 Å². The van der Waals surface area contributed by atoms with E-state index in [4.69, 9.17) is 0 Å². The smallest absolute Gasteiger partial charge is 0 e. The maximum absolute atomic E-state index is 2.52. The van der Waals surface area contributed by atoms with Crippen molar-refractivity contribution in [3.8, 4) is 0 Å². The van der Waals surface area contributed by atoms with Crippen LogP contribution in [0.3, 0.4) is 0 Å². The van der Waals surface area contributed by atoms with Crippen LogP contribution in [0.1, 0.15) is 160 Å². The van der Waals surface area contributed by atoms with Crippen LogP contribution in [0.5, 0.6) is 0 Å². The van der Waals surface area contributed by atoms with E-state index in [2.05, 4.69) is 89.5 Å². The van der Waals surface area contributed by atoms with E-state index in [9.17, 15) is 0 Å². The van der Waals surface area contributed by atoms with Crippen molar-refractivity contribution in [1.82, 2.24) is 0 Å². The van der Waals surface area contributed by atoms with Gasteiger partial charge in [-0.25, -0.2) is 0 Å². The zero-order valence-electron chi connectivity index (χ0n) is 27.3. The van der Waals surface area contributed by atoms with Crippen molar-refractivity contribution in [2.75, 3.05) is 0 Å². The topological polar surface area (TPSA) is 0 Å². The minimum atomic E-state index is 0. The minimum absolute atomic E-state index is 0. The Morgan fingerprint density at radius 1 is 0.750 bits per heavy atom. The summed E-state index contributed by atoms with van der Waals surface area (Å²) in [4.78, 5) is 0. The normalized spacial score (nSPS) is 23.2. The zero-order chi connectivity index (χ0) is 27.0. The van der Waals surface area contributed by atoms with Gasteiger partial charge in [-0.2, -0.15) is 31.6 Å². The summed E-state index contributed by atoms with van der Waals surface area (Å²) in [5, 5.41) is 0. The molecule has 0 aromatic rings. The summed E-state index contributed by atoms with van der Waals surface area (Å²) < 4.78 is 0. The van der Waals surface area contributed by atoms with E-state index in [1.807, 2.05) is 5.92 Å². The molecule has 0 spiro atoms. The predicted octanol–water partition coefficient (Wildman–Crippen LogP) is 12.2. The van der Waals surface area contributed by atoms with E-state index in [-0.39, 0.29) is 32.7 Å². The van der Waals surface area contributed by atoms with Gasteiger partial charge in [0, 0.05) is 32.7 Å². The van der Waals surface area contributed by atoms with Crippen molar-refractivity contribution in [2.24, 2.45) is 53.3 Å². The molecule has 1 heteroatoms. The van der Waals surface area contributed by atoms with Gasteiger partial charge in [0.15, 0.2) is 0 Å². The van der Waals surface area contributed by atoms with Crippen molar-refractivity contribution in [3.63, 3.8) is 0 Å². The van der Waals surface area contributed by atoms with Crippen LogP contribution in [0.25, 0.3) is 0 Å². The van der Waals surface area contributed by atoms with Gasteiger partial charge in [0.2, 0.25) is 0 Å². The molecule has 36 heavy (non-hydrogen) atoms. The second kappa shape index (κ2) is 22.9. The third-order valence-corrected chi connectivity index (χ3v) is 8.88. The van der Waals surface area contributed by atoms with E-state index in [0.717, 1.165) is 53.3 Å². The first-order valence-corrected chi connectivity index (χ1v) is 16.1. The van der Waals surface area contributed by atoms with Crippen LogP contribution in [-0.2, 0) is 32.7 Å². The van der Waals surface area contributed by atoms with Gasteiger partial charge in [-0.15, -0.1) is 0 Å². The minimum Gasteiger partial charge on any atom is -0.328 e. The molecule has 7 atom stereocenters. The largest absolute Gasteiger partial charge is 0.328 e. The number of unbranched alkanes of at least 4 members (excludes halogenated alkanes) is 1. The third-order valence-electron chi connectivity index (χ3n) is 8.88. The molecular weight excluding hydrogens is 509 g/mol. The van der Waals surface area contributed by atoms with Gasteiger partial charge in [-0.1, -0.05) is 127 Å². The Kier molecular flexibility index (Phi) is 24.9. The van der Waals surface area contributed by atoms with Crippen molar-refractivity contribution in [1.29, 1.82) is 0 Å². The number of hydrogen-bond donors (Lipinski definition) is 0. The van der Waals surface area contributed by atoms with Crippen LogP contribution in [0, 0.1) is 65.6 Å². The van der Waals surface area contributed by atoms with Crippen LogP contribution >= 0.6 is 0 Å². The first-order valence-electron chi connectivity index (χ1n) is 16.1. The summed E-state index contributed by atoms with van der Waals surface area (Å²) in [7, 11) is 0. The molecule has 0 heterocycles. The van der Waals surface area contributed by atoms with Crippen LogP contribution in [0.4, 0.5) is 0 Å². The van der Waals surface area contributed by atoms with Crippen molar-refractivity contribution in [3.05, 3.63) is 12.3 Å². The third kappa shape index (κ3) is 17.6. The first-order chi connectivity index (χ1) is 16.5. The second-order valence-electron chi connectivity index (χ2n) is 13.8. The fourth-order valence-corrected chi connectivity index (χ4v) is 7.07. The van der Waals surface area contributed by atoms with Crippen LogP contribution in [0.2, 0.25) is 0 Å². The SMILES string of the molecule is CCC(C)CC(C)C.C[CH-]C(CC)C1CC(C)CC1[C-](CCCC)CCC(C)CC(C)CC(C)C.[Y]. The van der Waals surface area contributed by atoms with Gasteiger partial charge >= 0.3 is 0 Å². The molecule has 1 rings (SSSR count). The van der Waals surface area contributed by atoms with E-state index in [1.165, 1.54) is 77.0 Å². The molecule has 1 aliphatic rings. The Morgan fingerprint density at radius 2 is 1.33 bits per heavy atom. The molecule has 215 valence electrons. The summed E-state index contributed by atoms with van der Waals surface area (Å²) >= 11 is 0. The first kappa shape index (κ1) is 39.2. The van der Waals surface area contributed by atoms with Gasteiger partial charge in [0.05, 0.1) is 0 Å². The van der Waals surface area contributed by atoms with E-state index >= 15 is 0 Å². The monoisotopic (exact) mass is 579 g/mol. The Hall–Kier alpha value is 1.10. The maximum atomic E-state index is 2.52. The molecule has 1 radical (unpaired) electrons. The Bertz CT molecular complexity index is 465. The van der Waals surface area contributed by atoms with E-state index in [1.54, 1.807) is 0 Å². The number of hydrogen-bond acceptors (Lipinski definition) is 0. The number of rotatable bonds is 17. The van der Waals surface area contributed by atoms with Crippen LogP contribution in [0.15, 0.2) is 0 Å². The van der Waals surface area contributed by atoms with E-state index in [0.29, 0.717) is 0 Å². The Labute approximate surface area is 257 Å². The van der Waals surface area contributed by atoms with Gasteiger partial charge in [-0.05, 0) is 54.8 Å². The Morgan fingerprint density at radius 3 is 1.78 bits per heavy atom. The zero-order valence-corrected chi connectivity index (χ0v) is 30.2. The summed E-state index contributed by atoms with van der Waals surface area (Å²) in [5.41, 5.74) is 0. The summed E-state index contributed by atoms with van der Waals surface area (Å²) in [6.07, 6.45) is 19.3. The van der Waals surface area contributed by atoms with Gasteiger partial charge in [-0.3, -0.25) is 0 Å². The maximum Gasteiger partial charge on any atom is 0 e. The van der Waals surface area contributed by atoms with Gasteiger partial charge < -0.3 is 12.3 Å². The van der Waals surface area contributed by atoms with E-state index < -0.39 is 0 Å². The molecule has 0 aromatic heterocycles. The molecule has 1 saturated carbocycles. The van der Waals surface area contributed by atoms with Gasteiger partial charge in [0.1, 0.15) is 0 Å². The summed E-state index contributed by atoms with van der Waals surface area (Å²) in [5.74, 6) is 9.97. The summed E-state index contributed by atoms with van der Waals surface area (Å²) in [6.45, 7) is 28.4. The fourth-order valence-electron chi connectivity index (χ4n) is 7.07. The molecule has 0 aliphatic heterocycles. The molecule has 0 aromatic carbocycles. The van der Waals surface area contributed by atoms with Crippen LogP contribution < -0.4 is 0 Å². The van der Waals surface area contributed by atoms with Crippen molar-refractivity contribution < 1.29 is 32.7 Å². The molecule has 7 unspecified atom stereocenters. The quantitative estimate of drug-likeness (QED) is 0.150. The van der Waals surface area contributed by atoms with Crippen molar-refractivity contribution >= 4 is 0 Å². The molecule has 0 nitrogen and oxygen atoms in total. The molecule has 0 saturated heterocycles. The molecule has 0 N–H and O–H groups in total. The summed E-state index contributed by atoms with van der Waals surface area (Å²) in [6, 6.07) is 0. The average Bonchev–Trinajstić information content (AvgIpc) is 3.15. The van der Waals surface area contributed by atoms with Crippen molar-refractivity contribution in [2.45, 2.75) is 160 Å². The fraction of sp³-hybridized carbons (Fsp3) is 0.943. The van der Waals surface area contributed by atoms with Crippen LogP contribution in [-0.4, -0.2) is 0 Å². The average molecular weight is 580 g/mol. The second-order valence-corrected chi connectivity index (χ2v) is 13.8. The molecule has 1 aliphatic carbocycles. The standard InChI is InChI=1S/C27H52.C8H18.Y/c1-9-12-13-25(15-14-21(6)17-22(7)16-20(4)5)27-19-23(8)18-26(27)24(10-2)11-3;1-5-8(4)6-7(2)3;/h10,20-24,26-27H,9,11-19H2,1-8H3;7-8H,5-6H2,1-4H3;/q-2;;.